The highest BCUT2D eigenvalue weighted by Crippen LogP contribution is 2.28. The second kappa shape index (κ2) is 5.40. The van der Waals surface area contributed by atoms with E-state index in [1.165, 1.54) is 11.8 Å². The van der Waals surface area contributed by atoms with Crippen molar-refractivity contribution in [2.75, 3.05) is 0 Å². The van der Waals surface area contributed by atoms with Crippen LogP contribution in [0.4, 0.5) is 0 Å². The molecular formula is C14H16N2OS. The van der Waals surface area contributed by atoms with Crippen LogP contribution in [0.15, 0.2) is 40.4 Å². The molecule has 0 aliphatic rings. The Labute approximate surface area is 111 Å². The largest absolute Gasteiger partial charge is 0.508 e. The molecule has 0 saturated carbocycles. The number of aryl methyl sites for hydroxylation is 1. The summed E-state index contributed by atoms with van der Waals surface area (Å²) < 4.78 is 0. The van der Waals surface area contributed by atoms with Crippen LogP contribution in [0.3, 0.4) is 0 Å². The van der Waals surface area contributed by atoms with Gasteiger partial charge in [0.1, 0.15) is 5.75 Å². The molecule has 0 radical (unpaired) electrons. The van der Waals surface area contributed by atoms with E-state index in [1.807, 2.05) is 25.1 Å². The van der Waals surface area contributed by atoms with E-state index in [-0.39, 0.29) is 5.75 Å². The van der Waals surface area contributed by atoms with Crippen LogP contribution in [0.1, 0.15) is 31.2 Å². The van der Waals surface area contributed by atoms with Gasteiger partial charge in [0.25, 0.3) is 0 Å². The fourth-order valence-corrected chi connectivity index (χ4v) is 2.44. The third-order valence-electron chi connectivity index (χ3n) is 2.47. The molecule has 0 unspecified atom stereocenters. The zero-order chi connectivity index (χ0) is 13.1. The van der Waals surface area contributed by atoms with Crippen molar-refractivity contribution in [2.24, 2.45) is 0 Å². The maximum atomic E-state index is 9.43. The summed E-state index contributed by atoms with van der Waals surface area (Å²) in [5.74, 6) is 0.645. The first kappa shape index (κ1) is 12.9. The summed E-state index contributed by atoms with van der Waals surface area (Å²) in [5, 5.41) is 10.2. The predicted molar refractivity (Wildman–Crippen MR) is 73.1 cm³/mol. The summed E-state index contributed by atoms with van der Waals surface area (Å²) in [4.78, 5) is 9.88. The number of phenolic OH excluding ortho intramolecular Hbond substituents is 1. The number of nitrogens with zero attached hydrogens (tertiary/aromatic N) is 2. The molecule has 0 fully saturated rings. The van der Waals surface area contributed by atoms with E-state index in [9.17, 15) is 5.11 Å². The lowest BCUT2D eigenvalue weighted by Crippen LogP contribution is -1.98. The van der Waals surface area contributed by atoms with Crippen LogP contribution in [-0.2, 0) is 0 Å². The van der Waals surface area contributed by atoms with Crippen LogP contribution in [0.25, 0.3) is 0 Å². The van der Waals surface area contributed by atoms with E-state index in [1.54, 1.807) is 12.1 Å². The van der Waals surface area contributed by atoms with E-state index >= 15 is 0 Å². The van der Waals surface area contributed by atoms with Crippen LogP contribution in [0.5, 0.6) is 5.75 Å². The van der Waals surface area contributed by atoms with Crippen molar-refractivity contribution in [3.8, 4) is 5.75 Å². The number of aromatic nitrogens is 2. The Morgan fingerprint density at radius 2 is 1.94 bits per heavy atom. The Hall–Kier alpha value is -1.55. The summed E-state index contributed by atoms with van der Waals surface area (Å²) in [6.45, 7) is 6.20. The molecule has 0 spiro atoms. The predicted octanol–water partition coefficient (Wildman–Crippen LogP) is 3.77. The molecule has 1 heterocycles. The highest BCUT2D eigenvalue weighted by molar-refractivity contribution is 7.99. The van der Waals surface area contributed by atoms with Crippen molar-refractivity contribution in [1.82, 2.24) is 9.97 Å². The van der Waals surface area contributed by atoms with Crippen LogP contribution >= 0.6 is 11.8 Å². The van der Waals surface area contributed by atoms with Crippen molar-refractivity contribution < 1.29 is 5.11 Å². The van der Waals surface area contributed by atoms with Gasteiger partial charge in [-0.1, -0.05) is 19.9 Å². The summed E-state index contributed by atoms with van der Waals surface area (Å²) in [5.41, 5.74) is 2.02. The summed E-state index contributed by atoms with van der Waals surface area (Å²) >= 11 is 1.47. The van der Waals surface area contributed by atoms with Gasteiger partial charge in [-0.05, 0) is 48.9 Å². The van der Waals surface area contributed by atoms with Gasteiger partial charge in [-0.3, -0.25) is 0 Å². The normalized spacial score (nSPS) is 10.9. The van der Waals surface area contributed by atoms with Crippen molar-refractivity contribution >= 4 is 11.8 Å². The van der Waals surface area contributed by atoms with Crippen LogP contribution in [-0.4, -0.2) is 15.1 Å². The molecule has 1 aromatic heterocycles. The van der Waals surface area contributed by atoms with Gasteiger partial charge >= 0.3 is 0 Å². The van der Waals surface area contributed by atoms with Gasteiger partial charge in [-0.25, -0.2) is 9.97 Å². The molecule has 3 nitrogen and oxygen atoms in total. The Balaban J connectivity index is 2.29. The molecule has 94 valence electrons. The van der Waals surface area contributed by atoms with Gasteiger partial charge in [-0.2, -0.15) is 0 Å². The minimum absolute atomic E-state index is 0.261. The zero-order valence-corrected chi connectivity index (χ0v) is 11.5. The summed E-state index contributed by atoms with van der Waals surface area (Å²) in [6, 6.07) is 9.13. The highest BCUT2D eigenvalue weighted by atomic mass is 32.2. The van der Waals surface area contributed by atoms with Crippen LogP contribution < -0.4 is 0 Å². The van der Waals surface area contributed by atoms with Crippen molar-refractivity contribution in [3.05, 3.63) is 41.7 Å². The number of hydrogen-bond acceptors (Lipinski definition) is 4. The third-order valence-corrected chi connectivity index (χ3v) is 3.33. The summed E-state index contributed by atoms with van der Waals surface area (Å²) in [7, 11) is 0. The van der Waals surface area contributed by atoms with Crippen molar-refractivity contribution in [3.63, 3.8) is 0 Å². The van der Waals surface area contributed by atoms with Gasteiger partial charge in [0, 0.05) is 16.3 Å². The molecule has 4 heteroatoms. The fraction of sp³-hybridized carbons (Fsp3) is 0.286. The first-order valence-electron chi connectivity index (χ1n) is 5.87. The molecule has 0 saturated heterocycles. The number of aromatic hydroxyl groups is 1. The molecule has 1 N–H and O–H groups in total. The quantitative estimate of drug-likeness (QED) is 0.853. The molecule has 2 rings (SSSR count). The standard InChI is InChI=1S/C14H16N2OS/c1-9(2)13-7-10(3)15-14(16-13)18-12-6-4-5-11(17)8-12/h4-9,17H,1-3H3. The first-order valence-corrected chi connectivity index (χ1v) is 6.68. The molecule has 0 aliphatic carbocycles. The maximum absolute atomic E-state index is 9.43. The van der Waals surface area contributed by atoms with Crippen molar-refractivity contribution in [2.45, 2.75) is 36.7 Å². The summed E-state index contributed by atoms with van der Waals surface area (Å²) in [6.07, 6.45) is 0. The SMILES string of the molecule is Cc1cc(C(C)C)nc(Sc2cccc(O)c2)n1. The maximum Gasteiger partial charge on any atom is 0.192 e. The average molecular weight is 260 g/mol. The average Bonchev–Trinajstić information content (AvgIpc) is 2.28. The highest BCUT2D eigenvalue weighted by Gasteiger charge is 2.07. The van der Waals surface area contributed by atoms with E-state index in [4.69, 9.17) is 0 Å². The van der Waals surface area contributed by atoms with E-state index in [2.05, 4.69) is 23.8 Å². The third kappa shape index (κ3) is 3.23. The first-order chi connectivity index (χ1) is 8.54. The van der Waals surface area contributed by atoms with Gasteiger partial charge in [-0.15, -0.1) is 0 Å². The lowest BCUT2D eigenvalue weighted by atomic mass is 10.1. The van der Waals surface area contributed by atoms with Gasteiger partial charge in [0.2, 0.25) is 0 Å². The Bertz CT molecular complexity index is 555. The second-order valence-corrected chi connectivity index (χ2v) is 5.51. The molecule has 18 heavy (non-hydrogen) atoms. The monoisotopic (exact) mass is 260 g/mol. The van der Waals surface area contributed by atoms with Crippen LogP contribution in [0.2, 0.25) is 0 Å². The number of phenols is 1. The molecule has 0 bridgehead atoms. The topological polar surface area (TPSA) is 46.0 Å². The van der Waals surface area contributed by atoms with E-state index in [0.717, 1.165) is 21.4 Å². The molecule has 2 aromatic rings. The Kier molecular flexibility index (Phi) is 3.87. The lowest BCUT2D eigenvalue weighted by molar-refractivity contribution is 0.474. The van der Waals surface area contributed by atoms with Crippen LogP contribution in [0, 0.1) is 6.92 Å². The molecule has 0 aliphatic heterocycles. The molecule has 1 aromatic carbocycles. The van der Waals surface area contributed by atoms with Gasteiger partial charge < -0.3 is 5.11 Å². The number of benzene rings is 1. The minimum Gasteiger partial charge on any atom is -0.508 e. The van der Waals surface area contributed by atoms with E-state index in [0.29, 0.717) is 5.92 Å². The Morgan fingerprint density at radius 1 is 1.17 bits per heavy atom. The van der Waals surface area contributed by atoms with Gasteiger partial charge in [0.15, 0.2) is 5.16 Å². The molecular weight excluding hydrogens is 244 g/mol. The molecule has 0 amide bonds. The zero-order valence-electron chi connectivity index (χ0n) is 10.7. The van der Waals surface area contributed by atoms with E-state index < -0.39 is 0 Å². The van der Waals surface area contributed by atoms with Gasteiger partial charge in [0.05, 0.1) is 0 Å². The minimum atomic E-state index is 0.261. The number of rotatable bonds is 3. The Morgan fingerprint density at radius 3 is 2.61 bits per heavy atom. The number of hydrogen-bond donors (Lipinski definition) is 1. The molecule has 0 atom stereocenters. The smallest absolute Gasteiger partial charge is 0.192 e. The fourth-order valence-electron chi connectivity index (χ4n) is 1.56. The second-order valence-electron chi connectivity index (χ2n) is 4.47. The van der Waals surface area contributed by atoms with Crippen molar-refractivity contribution in [1.29, 1.82) is 0 Å². The lowest BCUT2D eigenvalue weighted by Gasteiger charge is -2.08.